The molecule has 0 radical (unpaired) electrons. The molecule has 1 aliphatic heterocycles. The molecule has 0 aliphatic carbocycles. The minimum absolute atomic E-state index is 0.0254. The van der Waals surface area contributed by atoms with Crippen LogP contribution in [0.2, 0.25) is 0 Å². The van der Waals surface area contributed by atoms with E-state index in [1.807, 2.05) is 36.7 Å². The number of hydrogen-bond donors (Lipinski definition) is 1. The summed E-state index contributed by atoms with van der Waals surface area (Å²) in [5, 5.41) is 0. The first-order valence-corrected chi connectivity index (χ1v) is 8.43. The molecule has 0 saturated heterocycles. The number of rotatable bonds is 3. The van der Waals surface area contributed by atoms with Crippen LogP contribution in [0.5, 0.6) is 0 Å². The van der Waals surface area contributed by atoms with E-state index < -0.39 is 0 Å². The quantitative estimate of drug-likeness (QED) is 0.791. The van der Waals surface area contributed by atoms with Crippen LogP contribution in [0.25, 0.3) is 11.4 Å². The Morgan fingerprint density at radius 3 is 2.40 bits per heavy atom. The average Bonchev–Trinajstić information content (AvgIpc) is 2.86. The van der Waals surface area contributed by atoms with Gasteiger partial charge in [0.2, 0.25) is 0 Å². The first-order chi connectivity index (χ1) is 12.3. The molecule has 6 heteroatoms. The summed E-state index contributed by atoms with van der Waals surface area (Å²) >= 11 is 0. The van der Waals surface area contributed by atoms with Gasteiger partial charge in [-0.1, -0.05) is 0 Å². The molecular weight excluding hydrogens is 314 g/mol. The zero-order valence-electron chi connectivity index (χ0n) is 13.9. The summed E-state index contributed by atoms with van der Waals surface area (Å²) in [5.74, 6) is 0.619. The highest BCUT2D eigenvalue weighted by atomic mass is 16.1. The predicted octanol–water partition coefficient (Wildman–Crippen LogP) is 1.83. The van der Waals surface area contributed by atoms with E-state index in [9.17, 15) is 4.79 Å². The summed E-state index contributed by atoms with van der Waals surface area (Å²) < 4.78 is 0. The van der Waals surface area contributed by atoms with Crippen LogP contribution < -0.4 is 5.56 Å². The summed E-state index contributed by atoms with van der Waals surface area (Å²) in [5.41, 5.74) is 3.82. The molecule has 0 bridgehead atoms. The Morgan fingerprint density at radius 2 is 1.64 bits per heavy atom. The molecule has 25 heavy (non-hydrogen) atoms. The Hall–Kier alpha value is -2.86. The highest BCUT2D eigenvalue weighted by molar-refractivity contribution is 5.53. The monoisotopic (exact) mass is 333 g/mol. The third kappa shape index (κ3) is 3.49. The Labute approximate surface area is 145 Å². The van der Waals surface area contributed by atoms with Crippen molar-refractivity contribution in [3.8, 4) is 11.4 Å². The first-order valence-electron chi connectivity index (χ1n) is 8.43. The lowest BCUT2D eigenvalue weighted by molar-refractivity contribution is 0.279. The molecule has 3 aromatic rings. The Morgan fingerprint density at radius 1 is 0.960 bits per heavy atom. The molecule has 0 fully saturated rings. The molecule has 126 valence electrons. The maximum atomic E-state index is 12.5. The fourth-order valence-corrected chi connectivity index (χ4v) is 3.21. The van der Waals surface area contributed by atoms with Crippen LogP contribution in [0.1, 0.15) is 16.8 Å². The van der Waals surface area contributed by atoms with Crippen LogP contribution in [-0.4, -0.2) is 37.9 Å². The number of fused-ring (bicyclic) bond motifs is 1. The van der Waals surface area contributed by atoms with Gasteiger partial charge in [0.05, 0.1) is 5.69 Å². The highest BCUT2D eigenvalue weighted by Crippen LogP contribution is 2.17. The van der Waals surface area contributed by atoms with Crippen molar-refractivity contribution in [3.63, 3.8) is 0 Å². The van der Waals surface area contributed by atoms with Crippen molar-refractivity contribution in [1.29, 1.82) is 0 Å². The third-order valence-electron chi connectivity index (χ3n) is 4.55. The van der Waals surface area contributed by atoms with Crippen LogP contribution in [0.3, 0.4) is 0 Å². The van der Waals surface area contributed by atoms with Crippen LogP contribution in [0.4, 0.5) is 0 Å². The molecule has 6 nitrogen and oxygen atoms in total. The lowest BCUT2D eigenvalue weighted by Crippen LogP contribution is -2.26. The number of aromatic amines is 1. The minimum Gasteiger partial charge on any atom is -0.306 e. The molecule has 3 aromatic heterocycles. The number of pyridine rings is 2. The first kappa shape index (κ1) is 15.7. The standard InChI is InChI=1S/C19H19N5O/c25-19-16-5-11-24(13-14-1-7-20-8-2-14)12-6-17(16)22-18(23-19)15-3-9-21-10-4-15/h1-4,7-10H,5-6,11-13H2,(H,22,23,25). The van der Waals surface area contributed by atoms with Gasteiger partial charge in [-0.3, -0.25) is 19.7 Å². The zero-order chi connectivity index (χ0) is 17.1. The second kappa shape index (κ2) is 6.94. The average molecular weight is 333 g/mol. The third-order valence-corrected chi connectivity index (χ3v) is 4.55. The maximum absolute atomic E-state index is 12.5. The van der Waals surface area contributed by atoms with E-state index in [-0.39, 0.29) is 5.56 Å². The molecule has 4 rings (SSSR count). The maximum Gasteiger partial charge on any atom is 0.254 e. The van der Waals surface area contributed by atoms with E-state index in [4.69, 9.17) is 4.98 Å². The van der Waals surface area contributed by atoms with Crippen LogP contribution in [0, 0.1) is 0 Å². The van der Waals surface area contributed by atoms with Gasteiger partial charge in [0.1, 0.15) is 5.82 Å². The van der Waals surface area contributed by atoms with Crippen molar-refractivity contribution in [3.05, 3.63) is 76.2 Å². The van der Waals surface area contributed by atoms with Crippen LogP contribution in [0.15, 0.2) is 53.8 Å². The smallest absolute Gasteiger partial charge is 0.254 e. The molecular formula is C19H19N5O. The van der Waals surface area contributed by atoms with Gasteiger partial charge in [0.25, 0.3) is 5.56 Å². The largest absolute Gasteiger partial charge is 0.306 e. The van der Waals surface area contributed by atoms with Gasteiger partial charge < -0.3 is 4.98 Å². The van der Waals surface area contributed by atoms with Gasteiger partial charge in [0.15, 0.2) is 0 Å². The molecule has 0 saturated carbocycles. The predicted molar refractivity (Wildman–Crippen MR) is 95.0 cm³/mol. The second-order valence-electron chi connectivity index (χ2n) is 6.21. The summed E-state index contributed by atoms with van der Waals surface area (Å²) in [6.07, 6.45) is 8.54. The van der Waals surface area contributed by atoms with Crippen LogP contribution >= 0.6 is 0 Å². The van der Waals surface area contributed by atoms with Crippen molar-refractivity contribution < 1.29 is 0 Å². The Balaban J connectivity index is 1.57. The highest BCUT2D eigenvalue weighted by Gasteiger charge is 2.19. The van der Waals surface area contributed by atoms with E-state index in [0.29, 0.717) is 5.82 Å². The van der Waals surface area contributed by atoms with E-state index in [0.717, 1.165) is 49.3 Å². The molecule has 4 heterocycles. The summed E-state index contributed by atoms with van der Waals surface area (Å²) in [6.45, 7) is 2.61. The topological polar surface area (TPSA) is 74.8 Å². The number of hydrogen-bond acceptors (Lipinski definition) is 5. The van der Waals surface area contributed by atoms with E-state index in [1.54, 1.807) is 12.4 Å². The van der Waals surface area contributed by atoms with Gasteiger partial charge >= 0.3 is 0 Å². The number of nitrogens with one attached hydrogen (secondary N) is 1. The van der Waals surface area contributed by atoms with E-state index in [1.165, 1.54) is 5.56 Å². The molecule has 0 atom stereocenters. The van der Waals surface area contributed by atoms with E-state index in [2.05, 4.69) is 19.9 Å². The summed E-state index contributed by atoms with van der Waals surface area (Å²) in [4.78, 5) is 30.6. The molecule has 0 aromatic carbocycles. The SMILES string of the molecule is O=c1[nH]c(-c2ccncc2)nc2c1CCN(Cc1ccncc1)CC2. The number of aromatic nitrogens is 4. The normalized spacial score (nSPS) is 14.7. The van der Waals surface area contributed by atoms with Crippen molar-refractivity contribution in [2.45, 2.75) is 19.4 Å². The molecule has 0 unspecified atom stereocenters. The molecule has 0 spiro atoms. The Kier molecular flexibility index (Phi) is 4.35. The summed E-state index contributed by atoms with van der Waals surface area (Å²) in [7, 11) is 0. The number of nitrogens with zero attached hydrogens (tertiary/aromatic N) is 4. The van der Waals surface area contributed by atoms with E-state index >= 15 is 0 Å². The van der Waals surface area contributed by atoms with Crippen LogP contribution in [-0.2, 0) is 19.4 Å². The van der Waals surface area contributed by atoms with Crippen molar-refractivity contribution >= 4 is 0 Å². The van der Waals surface area contributed by atoms with Gasteiger partial charge in [-0.2, -0.15) is 0 Å². The molecule has 1 N–H and O–H groups in total. The van der Waals surface area contributed by atoms with Gasteiger partial charge in [-0.05, 0) is 36.2 Å². The van der Waals surface area contributed by atoms with Crippen molar-refractivity contribution in [1.82, 2.24) is 24.8 Å². The fourth-order valence-electron chi connectivity index (χ4n) is 3.21. The minimum atomic E-state index is -0.0254. The molecule has 0 amide bonds. The number of H-pyrrole nitrogens is 1. The fraction of sp³-hybridized carbons (Fsp3) is 0.263. The van der Waals surface area contributed by atoms with Gasteiger partial charge in [-0.15, -0.1) is 0 Å². The lowest BCUT2D eigenvalue weighted by Gasteiger charge is -2.19. The van der Waals surface area contributed by atoms with Gasteiger partial charge in [0, 0.05) is 62.0 Å². The Bertz CT molecular complexity index is 908. The van der Waals surface area contributed by atoms with Gasteiger partial charge in [-0.25, -0.2) is 4.98 Å². The zero-order valence-corrected chi connectivity index (χ0v) is 13.9. The van der Waals surface area contributed by atoms with Crippen molar-refractivity contribution in [2.75, 3.05) is 13.1 Å². The molecule has 1 aliphatic rings. The van der Waals surface area contributed by atoms with Crippen molar-refractivity contribution in [2.24, 2.45) is 0 Å². The second-order valence-corrected chi connectivity index (χ2v) is 6.21. The lowest BCUT2D eigenvalue weighted by atomic mass is 10.1. The summed E-state index contributed by atoms with van der Waals surface area (Å²) in [6, 6.07) is 7.78.